The molecule has 7 heteroatoms. The highest BCUT2D eigenvalue weighted by Crippen LogP contribution is 2.25. The van der Waals surface area contributed by atoms with Gasteiger partial charge in [-0.3, -0.25) is 4.72 Å². The van der Waals surface area contributed by atoms with Gasteiger partial charge in [0.25, 0.3) is 10.0 Å². The van der Waals surface area contributed by atoms with Gasteiger partial charge in [-0.05, 0) is 38.1 Å². The SMILES string of the molecule is CC(C)Oc1ccc(NS(=O)(=O)c2ccccc2C#N)cc1F. The largest absolute Gasteiger partial charge is 0.488 e. The second kappa shape index (κ2) is 6.67. The van der Waals surface area contributed by atoms with E-state index in [-0.39, 0.29) is 28.0 Å². The summed E-state index contributed by atoms with van der Waals surface area (Å²) in [7, 11) is -3.99. The Bertz CT molecular complexity index is 858. The van der Waals surface area contributed by atoms with E-state index in [4.69, 9.17) is 10.00 Å². The quantitative estimate of drug-likeness (QED) is 0.910. The Morgan fingerprint density at radius 2 is 1.91 bits per heavy atom. The third-order valence-corrected chi connectivity index (χ3v) is 4.28. The van der Waals surface area contributed by atoms with Crippen molar-refractivity contribution >= 4 is 15.7 Å². The van der Waals surface area contributed by atoms with Crippen LogP contribution >= 0.6 is 0 Å². The van der Waals surface area contributed by atoms with Crippen LogP contribution in [-0.4, -0.2) is 14.5 Å². The molecule has 0 unspecified atom stereocenters. The van der Waals surface area contributed by atoms with E-state index in [1.54, 1.807) is 19.9 Å². The summed E-state index contributed by atoms with van der Waals surface area (Å²) in [6.45, 7) is 3.52. The summed E-state index contributed by atoms with van der Waals surface area (Å²) in [4.78, 5) is -0.162. The molecule has 0 atom stereocenters. The van der Waals surface area contributed by atoms with Crippen LogP contribution in [0.4, 0.5) is 10.1 Å². The van der Waals surface area contributed by atoms with Gasteiger partial charge in [0.15, 0.2) is 11.6 Å². The Balaban J connectivity index is 2.31. The van der Waals surface area contributed by atoms with Gasteiger partial charge < -0.3 is 4.74 Å². The molecule has 0 heterocycles. The number of hydrogen-bond donors (Lipinski definition) is 1. The molecule has 0 saturated heterocycles. The average Bonchev–Trinajstić information content (AvgIpc) is 2.49. The summed E-state index contributed by atoms with van der Waals surface area (Å²) in [6.07, 6.45) is -0.199. The second-order valence-electron chi connectivity index (χ2n) is 5.03. The Hall–Kier alpha value is -2.59. The molecular weight excluding hydrogens is 319 g/mol. The van der Waals surface area contributed by atoms with Crippen molar-refractivity contribution in [3.63, 3.8) is 0 Å². The number of rotatable bonds is 5. The van der Waals surface area contributed by atoms with E-state index in [1.807, 2.05) is 6.07 Å². The Kier molecular flexibility index (Phi) is 4.86. The van der Waals surface area contributed by atoms with Crippen molar-refractivity contribution in [2.75, 3.05) is 4.72 Å². The molecule has 2 aromatic rings. The second-order valence-corrected chi connectivity index (χ2v) is 6.68. The van der Waals surface area contributed by atoms with Crippen LogP contribution in [0.15, 0.2) is 47.4 Å². The molecule has 1 N–H and O–H groups in total. The fraction of sp³-hybridized carbons (Fsp3) is 0.188. The summed E-state index contributed by atoms with van der Waals surface area (Å²) in [6, 6.07) is 11.4. The fourth-order valence-corrected chi connectivity index (χ4v) is 3.13. The lowest BCUT2D eigenvalue weighted by molar-refractivity contribution is 0.231. The number of ether oxygens (including phenoxy) is 1. The molecule has 5 nitrogen and oxygen atoms in total. The Morgan fingerprint density at radius 1 is 1.22 bits per heavy atom. The maximum atomic E-state index is 13.9. The lowest BCUT2D eigenvalue weighted by Gasteiger charge is -2.13. The molecule has 120 valence electrons. The predicted octanol–water partition coefficient (Wildman–Crippen LogP) is 3.29. The zero-order valence-electron chi connectivity index (χ0n) is 12.6. The maximum Gasteiger partial charge on any atom is 0.263 e. The number of sulfonamides is 1. The zero-order chi connectivity index (χ0) is 17.0. The summed E-state index contributed by atoms with van der Waals surface area (Å²) < 4.78 is 46.1. The zero-order valence-corrected chi connectivity index (χ0v) is 13.4. The molecule has 0 aliphatic heterocycles. The van der Waals surface area contributed by atoms with Crippen molar-refractivity contribution in [3.8, 4) is 11.8 Å². The van der Waals surface area contributed by atoms with E-state index in [2.05, 4.69) is 4.72 Å². The lowest BCUT2D eigenvalue weighted by Crippen LogP contribution is -2.14. The van der Waals surface area contributed by atoms with Crippen LogP contribution in [-0.2, 0) is 10.0 Å². The third-order valence-electron chi connectivity index (χ3n) is 2.84. The van der Waals surface area contributed by atoms with Crippen molar-refractivity contribution in [3.05, 3.63) is 53.8 Å². The molecule has 0 fully saturated rings. The van der Waals surface area contributed by atoms with Crippen molar-refractivity contribution in [2.24, 2.45) is 0 Å². The maximum absolute atomic E-state index is 13.9. The minimum atomic E-state index is -3.99. The van der Waals surface area contributed by atoms with Gasteiger partial charge in [0.1, 0.15) is 11.0 Å². The van der Waals surface area contributed by atoms with Gasteiger partial charge in [-0.1, -0.05) is 12.1 Å². The Labute approximate surface area is 134 Å². The molecule has 0 aliphatic rings. The van der Waals surface area contributed by atoms with Gasteiger partial charge in [-0.2, -0.15) is 5.26 Å². The molecule has 2 rings (SSSR count). The van der Waals surface area contributed by atoms with E-state index in [9.17, 15) is 12.8 Å². The van der Waals surface area contributed by atoms with Gasteiger partial charge in [0.05, 0.1) is 17.4 Å². The number of anilines is 1. The van der Waals surface area contributed by atoms with Gasteiger partial charge in [-0.15, -0.1) is 0 Å². The number of nitrogens with zero attached hydrogens (tertiary/aromatic N) is 1. The minimum Gasteiger partial charge on any atom is -0.488 e. The van der Waals surface area contributed by atoms with Crippen molar-refractivity contribution in [1.29, 1.82) is 5.26 Å². The van der Waals surface area contributed by atoms with Crippen LogP contribution in [0.2, 0.25) is 0 Å². The first-order chi connectivity index (χ1) is 10.8. The fourth-order valence-electron chi connectivity index (χ4n) is 1.92. The number of nitrogens with one attached hydrogen (secondary N) is 1. The van der Waals surface area contributed by atoms with E-state index in [1.165, 1.54) is 30.3 Å². The van der Waals surface area contributed by atoms with Gasteiger partial charge in [0.2, 0.25) is 0 Å². The number of hydrogen-bond acceptors (Lipinski definition) is 4. The number of nitriles is 1. The van der Waals surface area contributed by atoms with E-state index in [0.29, 0.717) is 0 Å². The van der Waals surface area contributed by atoms with E-state index < -0.39 is 15.8 Å². The molecular formula is C16H15FN2O3S. The van der Waals surface area contributed by atoms with Crippen LogP contribution in [0.3, 0.4) is 0 Å². The monoisotopic (exact) mass is 334 g/mol. The molecule has 0 radical (unpaired) electrons. The molecule has 0 saturated carbocycles. The number of benzene rings is 2. The molecule has 0 bridgehead atoms. The number of halogens is 1. The first-order valence-corrected chi connectivity index (χ1v) is 8.30. The highest BCUT2D eigenvalue weighted by molar-refractivity contribution is 7.92. The summed E-state index contributed by atoms with van der Waals surface area (Å²) in [5, 5.41) is 8.99. The third kappa shape index (κ3) is 3.99. The lowest BCUT2D eigenvalue weighted by atomic mass is 10.2. The van der Waals surface area contributed by atoms with Crippen LogP contribution in [0.1, 0.15) is 19.4 Å². The smallest absolute Gasteiger partial charge is 0.263 e. The van der Waals surface area contributed by atoms with Gasteiger partial charge in [-0.25, -0.2) is 12.8 Å². The molecule has 0 aliphatic carbocycles. The Morgan fingerprint density at radius 3 is 2.52 bits per heavy atom. The van der Waals surface area contributed by atoms with Crippen LogP contribution < -0.4 is 9.46 Å². The molecule has 0 spiro atoms. The summed E-state index contributed by atoms with van der Waals surface area (Å²) in [5.41, 5.74) is 0.0617. The summed E-state index contributed by atoms with van der Waals surface area (Å²) in [5.74, 6) is -0.632. The van der Waals surface area contributed by atoms with Gasteiger partial charge >= 0.3 is 0 Å². The first kappa shape index (κ1) is 16.8. The van der Waals surface area contributed by atoms with Gasteiger partial charge in [0, 0.05) is 6.07 Å². The first-order valence-electron chi connectivity index (χ1n) is 6.81. The average molecular weight is 334 g/mol. The van der Waals surface area contributed by atoms with Crippen LogP contribution in [0.25, 0.3) is 0 Å². The normalized spacial score (nSPS) is 11.1. The topological polar surface area (TPSA) is 79.2 Å². The summed E-state index contributed by atoms with van der Waals surface area (Å²) >= 11 is 0. The minimum absolute atomic E-state index is 0.0141. The molecule has 2 aromatic carbocycles. The van der Waals surface area contributed by atoms with Crippen molar-refractivity contribution in [2.45, 2.75) is 24.8 Å². The standard InChI is InChI=1S/C16H15FN2O3S/c1-11(2)22-15-8-7-13(9-14(15)17)19-23(20,21)16-6-4-3-5-12(16)10-18/h3-9,11,19H,1-2H3. The predicted molar refractivity (Wildman–Crippen MR) is 84.1 cm³/mol. The molecule has 0 amide bonds. The van der Waals surface area contributed by atoms with Crippen molar-refractivity contribution in [1.82, 2.24) is 0 Å². The highest BCUT2D eigenvalue weighted by atomic mass is 32.2. The van der Waals surface area contributed by atoms with Crippen LogP contribution in [0.5, 0.6) is 5.75 Å². The van der Waals surface area contributed by atoms with E-state index >= 15 is 0 Å². The van der Waals surface area contributed by atoms with E-state index in [0.717, 1.165) is 6.07 Å². The van der Waals surface area contributed by atoms with Crippen molar-refractivity contribution < 1.29 is 17.5 Å². The molecule has 0 aromatic heterocycles. The highest BCUT2D eigenvalue weighted by Gasteiger charge is 2.19. The van der Waals surface area contributed by atoms with Crippen LogP contribution in [0, 0.1) is 17.1 Å². The molecule has 23 heavy (non-hydrogen) atoms.